The van der Waals surface area contributed by atoms with Gasteiger partial charge in [0.05, 0.1) is 0 Å². The van der Waals surface area contributed by atoms with Crippen LogP contribution in [0.4, 0.5) is 14.5 Å². The molecule has 0 aliphatic heterocycles. The van der Waals surface area contributed by atoms with Crippen LogP contribution in [0.5, 0.6) is 0 Å². The molecule has 0 radical (unpaired) electrons. The lowest BCUT2D eigenvalue weighted by molar-refractivity contribution is 0.545. The van der Waals surface area contributed by atoms with Crippen molar-refractivity contribution in [2.45, 2.75) is 11.4 Å². The normalized spacial score (nSPS) is 11.5. The van der Waals surface area contributed by atoms with Crippen molar-refractivity contribution in [3.63, 3.8) is 0 Å². The second-order valence-electron chi connectivity index (χ2n) is 4.96. The average molecular weight is 326 g/mol. The zero-order chi connectivity index (χ0) is 16.3. The quantitative estimate of drug-likeness (QED) is 0.918. The summed E-state index contributed by atoms with van der Waals surface area (Å²) in [6.07, 6.45) is 0. The summed E-state index contributed by atoms with van der Waals surface area (Å²) >= 11 is 0. The zero-order valence-corrected chi connectivity index (χ0v) is 13.0. The Morgan fingerprint density at radius 1 is 1.05 bits per heavy atom. The van der Waals surface area contributed by atoms with Gasteiger partial charge in [-0.15, -0.1) is 0 Å². The second kappa shape index (κ2) is 6.41. The Morgan fingerprint density at radius 3 is 2.27 bits per heavy atom. The van der Waals surface area contributed by atoms with E-state index in [1.54, 1.807) is 12.1 Å². The third-order valence-electron chi connectivity index (χ3n) is 3.10. The van der Waals surface area contributed by atoms with Gasteiger partial charge in [0.1, 0.15) is 16.5 Å². The molecular formula is C15H16F2N2O2S. The molecule has 0 unspecified atom stereocenters. The summed E-state index contributed by atoms with van der Waals surface area (Å²) in [6, 6.07) is 9.52. The maximum atomic E-state index is 13.5. The summed E-state index contributed by atoms with van der Waals surface area (Å²) in [5.41, 5.74) is 1.69. The summed E-state index contributed by atoms with van der Waals surface area (Å²) < 4.78 is 53.0. The number of benzene rings is 2. The summed E-state index contributed by atoms with van der Waals surface area (Å²) in [5, 5.41) is 0. The molecule has 2 aromatic rings. The first-order valence-corrected chi connectivity index (χ1v) is 7.99. The number of rotatable bonds is 5. The minimum atomic E-state index is -4.11. The van der Waals surface area contributed by atoms with Crippen LogP contribution in [0.2, 0.25) is 0 Å². The molecule has 0 aromatic heterocycles. The molecule has 4 nitrogen and oxygen atoms in total. The predicted octanol–water partition coefficient (Wildman–Crippen LogP) is 2.51. The standard InChI is InChI=1S/C15H16F2N2O2S/c1-19(2)13-6-3-11(4-7-13)10-18-22(20,21)15-9-12(16)5-8-14(15)17/h3-9,18H,10H2,1-2H3. The molecule has 0 aliphatic rings. The van der Waals surface area contributed by atoms with Gasteiger partial charge < -0.3 is 4.90 Å². The van der Waals surface area contributed by atoms with Gasteiger partial charge in [-0.25, -0.2) is 21.9 Å². The van der Waals surface area contributed by atoms with E-state index in [-0.39, 0.29) is 6.54 Å². The SMILES string of the molecule is CN(C)c1ccc(CNS(=O)(=O)c2cc(F)ccc2F)cc1. The third kappa shape index (κ3) is 3.80. The van der Waals surface area contributed by atoms with Crippen LogP contribution in [-0.2, 0) is 16.6 Å². The molecule has 0 heterocycles. The van der Waals surface area contributed by atoms with Crippen molar-refractivity contribution >= 4 is 15.7 Å². The summed E-state index contributed by atoms with van der Waals surface area (Å²) in [5.74, 6) is -1.80. The third-order valence-corrected chi connectivity index (χ3v) is 4.52. The first-order chi connectivity index (χ1) is 10.3. The van der Waals surface area contributed by atoms with Crippen molar-refractivity contribution in [3.8, 4) is 0 Å². The molecule has 2 rings (SSSR count). The van der Waals surface area contributed by atoms with Crippen LogP contribution in [0.15, 0.2) is 47.4 Å². The van der Waals surface area contributed by atoms with E-state index in [1.807, 2.05) is 31.1 Å². The van der Waals surface area contributed by atoms with Crippen LogP contribution < -0.4 is 9.62 Å². The number of halogens is 2. The second-order valence-corrected chi connectivity index (χ2v) is 6.70. The maximum absolute atomic E-state index is 13.5. The Hall–Kier alpha value is -1.99. The van der Waals surface area contributed by atoms with Gasteiger partial charge in [-0.3, -0.25) is 0 Å². The Bertz CT molecular complexity index is 760. The molecule has 0 aliphatic carbocycles. The van der Waals surface area contributed by atoms with E-state index in [1.165, 1.54) is 0 Å². The van der Waals surface area contributed by atoms with E-state index in [4.69, 9.17) is 0 Å². The lowest BCUT2D eigenvalue weighted by atomic mass is 10.2. The Morgan fingerprint density at radius 2 is 1.68 bits per heavy atom. The molecule has 0 saturated heterocycles. The van der Waals surface area contributed by atoms with Crippen molar-refractivity contribution in [2.75, 3.05) is 19.0 Å². The number of hydrogen-bond acceptors (Lipinski definition) is 3. The minimum Gasteiger partial charge on any atom is -0.378 e. The van der Waals surface area contributed by atoms with Crippen LogP contribution in [0, 0.1) is 11.6 Å². The van der Waals surface area contributed by atoms with E-state index >= 15 is 0 Å². The van der Waals surface area contributed by atoms with Crippen LogP contribution in [0.3, 0.4) is 0 Å². The smallest absolute Gasteiger partial charge is 0.243 e. The summed E-state index contributed by atoms with van der Waals surface area (Å²) in [7, 11) is -0.327. The first-order valence-electron chi connectivity index (χ1n) is 6.50. The molecule has 2 aromatic carbocycles. The molecule has 0 atom stereocenters. The minimum absolute atomic E-state index is 0.00794. The molecular weight excluding hydrogens is 310 g/mol. The van der Waals surface area contributed by atoms with Crippen LogP contribution in [-0.4, -0.2) is 22.5 Å². The first kappa shape index (κ1) is 16.4. The molecule has 0 saturated carbocycles. The van der Waals surface area contributed by atoms with E-state index in [9.17, 15) is 17.2 Å². The van der Waals surface area contributed by atoms with E-state index in [0.29, 0.717) is 11.6 Å². The van der Waals surface area contributed by atoms with Crippen molar-refractivity contribution < 1.29 is 17.2 Å². The fraction of sp³-hybridized carbons (Fsp3) is 0.200. The highest BCUT2D eigenvalue weighted by Crippen LogP contribution is 2.17. The molecule has 1 N–H and O–H groups in total. The number of nitrogens with one attached hydrogen (secondary N) is 1. The van der Waals surface area contributed by atoms with E-state index in [0.717, 1.165) is 17.8 Å². The van der Waals surface area contributed by atoms with Crippen molar-refractivity contribution in [1.82, 2.24) is 4.72 Å². The zero-order valence-electron chi connectivity index (χ0n) is 12.2. The lowest BCUT2D eigenvalue weighted by Gasteiger charge is -2.13. The maximum Gasteiger partial charge on any atom is 0.243 e. The highest BCUT2D eigenvalue weighted by molar-refractivity contribution is 7.89. The fourth-order valence-corrected chi connectivity index (χ4v) is 2.96. The predicted molar refractivity (Wildman–Crippen MR) is 81.2 cm³/mol. The van der Waals surface area contributed by atoms with Crippen LogP contribution in [0.1, 0.15) is 5.56 Å². The highest BCUT2D eigenvalue weighted by atomic mass is 32.2. The molecule has 118 valence electrons. The number of anilines is 1. The van der Waals surface area contributed by atoms with Gasteiger partial charge in [-0.2, -0.15) is 0 Å². The largest absolute Gasteiger partial charge is 0.378 e. The molecule has 7 heteroatoms. The topological polar surface area (TPSA) is 49.4 Å². The van der Waals surface area contributed by atoms with Crippen molar-refractivity contribution in [1.29, 1.82) is 0 Å². The number of hydrogen-bond donors (Lipinski definition) is 1. The number of nitrogens with zero attached hydrogens (tertiary/aromatic N) is 1. The van der Waals surface area contributed by atoms with Gasteiger partial charge in [0.25, 0.3) is 0 Å². The molecule has 0 fully saturated rings. The Balaban J connectivity index is 2.14. The molecule has 0 bridgehead atoms. The van der Waals surface area contributed by atoms with Gasteiger partial charge in [-0.05, 0) is 35.9 Å². The van der Waals surface area contributed by atoms with E-state index in [2.05, 4.69) is 4.72 Å². The average Bonchev–Trinajstić information content (AvgIpc) is 2.48. The van der Waals surface area contributed by atoms with Crippen LogP contribution in [0.25, 0.3) is 0 Å². The molecule has 0 amide bonds. The fourth-order valence-electron chi connectivity index (χ4n) is 1.85. The van der Waals surface area contributed by atoms with Crippen LogP contribution >= 0.6 is 0 Å². The van der Waals surface area contributed by atoms with Crippen molar-refractivity contribution in [3.05, 3.63) is 59.7 Å². The van der Waals surface area contributed by atoms with Gasteiger partial charge >= 0.3 is 0 Å². The lowest BCUT2D eigenvalue weighted by Crippen LogP contribution is -2.24. The monoisotopic (exact) mass is 326 g/mol. The van der Waals surface area contributed by atoms with Gasteiger partial charge in [0, 0.05) is 26.3 Å². The van der Waals surface area contributed by atoms with Gasteiger partial charge in [0.2, 0.25) is 10.0 Å². The van der Waals surface area contributed by atoms with Gasteiger partial charge in [-0.1, -0.05) is 12.1 Å². The highest BCUT2D eigenvalue weighted by Gasteiger charge is 2.19. The van der Waals surface area contributed by atoms with Crippen molar-refractivity contribution in [2.24, 2.45) is 0 Å². The van der Waals surface area contributed by atoms with Gasteiger partial charge in [0.15, 0.2) is 0 Å². The Kier molecular flexibility index (Phi) is 4.77. The Labute approximate surface area is 128 Å². The molecule has 22 heavy (non-hydrogen) atoms. The number of sulfonamides is 1. The molecule has 0 spiro atoms. The van der Waals surface area contributed by atoms with E-state index < -0.39 is 26.6 Å². The summed E-state index contributed by atoms with van der Waals surface area (Å²) in [6.45, 7) is -0.00794. The summed E-state index contributed by atoms with van der Waals surface area (Å²) in [4.78, 5) is 1.22.